The van der Waals surface area contributed by atoms with Gasteiger partial charge in [0, 0.05) is 25.0 Å². The van der Waals surface area contributed by atoms with Crippen LogP contribution in [0.4, 0.5) is 0 Å². The molecule has 0 N–H and O–H groups in total. The van der Waals surface area contributed by atoms with Gasteiger partial charge in [-0.15, -0.1) is 0 Å². The van der Waals surface area contributed by atoms with Crippen LogP contribution in [-0.2, 0) is 0 Å². The molecule has 0 bridgehead atoms. The van der Waals surface area contributed by atoms with E-state index in [1.807, 2.05) is 36.8 Å². The molecule has 0 saturated carbocycles. The van der Waals surface area contributed by atoms with Crippen molar-refractivity contribution in [2.75, 3.05) is 0 Å². The Bertz CT molecular complexity index is 319. The molecule has 2 aromatic rings. The number of hydrogen-bond donors (Lipinski definition) is 0. The van der Waals surface area contributed by atoms with E-state index >= 15 is 0 Å². The topological polar surface area (TPSA) is 25.8 Å². The molecule has 0 aliphatic rings. The maximum absolute atomic E-state index is 4.16. The van der Waals surface area contributed by atoms with E-state index in [-0.39, 0.29) is 0 Å². The van der Waals surface area contributed by atoms with E-state index in [2.05, 4.69) is 9.97 Å². The summed E-state index contributed by atoms with van der Waals surface area (Å²) in [7, 11) is 0. The first-order valence-electron chi connectivity index (χ1n) is 4.11. The van der Waals surface area contributed by atoms with E-state index in [0.717, 1.165) is 11.3 Å². The van der Waals surface area contributed by atoms with Crippen LogP contribution in [0, 0.1) is 6.42 Å². The molecule has 63 valence electrons. The van der Waals surface area contributed by atoms with Crippen LogP contribution in [0.3, 0.4) is 0 Å². The van der Waals surface area contributed by atoms with Gasteiger partial charge in [0.1, 0.15) is 0 Å². The summed E-state index contributed by atoms with van der Waals surface area (Å²) in [5, 5.41) is 0. The molecule has 1 aromatic carbocycles. The number of rotatable bonds is 2. The minimum Gasteiger partial charge on any atom is -0.261 e. The van der Waals surface area contributed by atoms with Crippen molar-refractivity contribution < 1.29 is 0 Å². The molecule has 1 radical (unpaired) electrons. The Labute approximate surface area is 77.3 Å². The SMILES string of the molecule is [CH](c1ccccc1)c1cnccn1. The van der Waals surface area contributed by atoms with Gasteiger partial charge in [0.05, 0.1) is 5.69 Å². The predicted octanol–water partition coefficient (Wildman–Crippen LogP) is 2.08. The minimum atomic E-state index is 0.883. The summed E-state index contributed by atoms with van der Waals surface area (Å²) < 4.78 is 0. The van der Waals surface area contributed by atoms with Gasteiger partial charge in [0.2, 0.25) is 0 Å². The predicted molar refractivity (Wildman–Crippen MR) is 51.0 cm³/mol. The Kier molecular flexibility index (Phi) is 2.32. The second-order valence-electron chi connectivity index (χ2n) is 2.69. The molecule has 2 heteroatoms. The molecule has 0 unspecified atom stereocenters. The fourth-order valence-corrected chi connectivity index (χ4v) is 1.11. The van der Waals surface area contributed by atoms with Gasteiger partial charge in [-0.1, -0.05) is 30.3 Å². The van der Waals surface area contributed by atoms with E-state index < -0.39 is 0 Å². The molecule has 13 heavy (non-hydrogen) atoms. The molecule has 0 saturated heterocycles. The fourth-order valence-electron chi connectivity index (χ4n) is 1.11. The van der Waals surface area contributed by atoms with Crippen LogP contribution >= 0.6 is 0 Å². The Balaban J connectivity index is 2.16. The lowest BCUT2D eigenvalue weighted by atomic mass is 10.1. The lowest BCUT2D eigenvalue weighted by Crippen LogP contribution is -1.88. The quantitative estimate of drug-likeness (QED) is 0.687. The molecule has 0 spiro atoms. The molecule has 0 fully saturated rings. The largest absolute Gasteiger partial charge is 0.261 e. The molecule has 2 rings (SSSR count). The van der Waals surface area contributed by atoms with Gasteiger partial charge >= 0.3 is 0 Å². The average Bonchev–Trinajstić information content (AvgIpc) is 2.21. The lowest BCUT2D eigenvalue weighted by molar-refractivity contribution is 1.13. The molecule has 1 heterocycles. The minimum absolute atomic E-state index is 0.883. The Hall–Kier alpha value is -1.70. The highest BCUT2D eigenvalue weighted by atomic mass is 14.8. The standard InChI is InChI=1S/C11H9N2/c1-2-4-10(5-3-1)8-11-9-12-6-7-13-11/h1-9H. The second kappa shape index (κ2) is 3.81. The van der Waals surface area contributed by atoms with E-state index in [1.54, 1.807) is 18.6 Å². The van der Waals surface area contributed by atoms with Crippen LogP contribution in [0.5, 0.6) is 0 Å². The smallest absolute Gasteiger partial charge is 0.0671 e. The second-order valence-corrected chi connectivity index (χ2v) is 2.69. The highest BCUT2D eigenvalue weighted by molar-refractivity contribution is 5.31. The van der Waals surface area contributed by atoms with Gasteiger partial charge in [0.15, 0.2) is 0 Å². The van der Waals surface area contributed by atoms with Gasteiger partial charge in [-0.3, -0.25) is 9.97 Å². The van der Waals surface area contributed by atoms with Crippen LogP contribution in [0.15, 0.2) is 48.9 Å². The van der Waals surface area contributed by atoms with Crippen molar-refractivity contribution in [1.29, 1.82) is 0 Å². The highest BCUT2D eigenvalue weighted by Gasteiger charge is 1.95. The zero-order valence-electron chi connectivity index (χ0n) is 7.09. The molecular weight excluding hydrogens is 160 g/mol. The van der Waals surface area contributed by atoms with Crippen molar-refractivity contribution in [1.82, 2.24) is 9.97 Å². The van der Waals surface area contributed by atoms with Crippen molar-refractivity contribution in [3.63, 3.8) is 0 Å². The van der Waals surface area contributed by atoms with Gasteiger partial charge in [-0.25, -0.2) is 0 Å². The maximum Gasteiger partial charge on any atom is 0.0671 e. The first-order valence-corrected chi connectivity index (χ1v) is 4.11. The Morgan fingerprint density at radius 2 is 1.85 bits per heavy atom. The molecule has 0 atom stereocenters. The number of nitrogens with zero attached hydrogens (tertiary/aromatic N) is 2. The summed E-state index contributed by atoms with van der Waals surface area (Å²) >= 11 is 0. The van der Waals surface area contributed by atoms with Crippen molar-refractivity contribution >= 4 is 0 Å². The van der Waals surface area contributed by atoms with E-state index in [9.17, 15) is 0 Å². The summed E-state index contributed by atoms with van der Waals surface area (Å²) in [4.78, 5) is 8.14. The summed E-state index contributed by atoms with van der Waals surface area (Å²) in [6.45, 7) is 0. The summed E-state index contributed by atoms with van der Waals surface area (Å²) in [6, 6.07) is 10.1. The van der Waals surface area contributed by atoms with Crippen LogP contribution in [0.2, 0.25) is 0 Å². The van der Waals surface area contributed by atoms with Gasteiger partial charge in [-0.05, 0) is 5.56 Å². The van der Waals surface area contributed by atoms with Gasteiger partial charge in [0.25, 0.3) is 0 Å². The van der Waals surface area contributed by atoms with E-state index in [1.165, 1.54) is 0 Å². The molecule has 0 aliphatic carbocycles. The number of benzene rings is 1. The number of hydrogen-bond acceptors (Lipinski definition) is 2. The zero-order chi connectivity index (χ0) is 8.93. The Morgan fingerprint density at radius 3 is 2.54 bits per heavy atom. The van der Waals surface area contributed by atoms with Crippen molar-refractivity contribution in [2.24, 2.45) is 0 Å². The monoisotopic (exact) mass is 169 g/mol. The first-order chi connectivity index (χ1) is 6.45. The third-order valence-corrected chi connectivity index (χ3v) is 1.70. The van der Waals surface area contributed by atoms with E-state index in [0.29, 0.717) is 0 Å². The molecule has 2 nitrogen and oxygen atoms in total. The average molecular weight is 169 g/mol. The molecule has 0 aliphatic heterocycles. The zero-order valence-corrected chi connectivity index (χ0v) is 7.09. The van der Waals surface area contributed by atoms with Crippen molar-refractivity contribution in [3.05, 3.63) is 66.6 Å². The molecule has 0 amide bonds. The summed E-state index contributed by atoms with van der Waals surface area (Å²) in [5.41, 5.74) is 2.02. The van der Waals surface area contributed by atoms with E-state index in [4.69, 9.17) is 0 Å². The first kappa shape index (κ1) is 7.92. The van der Waals surface area contributed by atoms with Gasteiger partial charge in [-0.2, -0.15) is 0 Å². The molecule has 1 aromatic heterocycles. The third kappa shape index (κ3) is 2.12. The lowest BCUT2D eigenvalue weighted by Gasteiger charge is -1.97. The van der Waals surface area contributed by atoms with Crippen LogP contribution in [0.1, 0.15) is 11.3 Å². The third-order valence-electron chi connectivity index (χ3n) is 1.70. The molecular formula is C11H9N2. The summed E-state index contributed by atoms with van der Waals surface area (Å²) in [5.74, 6) is 0. The maximum atomic E-state index is 4.16. The summed E-state index contributed by atoms with van der Waals surface area (Å²) in [6.07, 6.45) is 7.09. The van der Waals surface area contributed by atoms with Crippen LogP contribution < -0.4 is 0 Å². The van der Waals surface area contributed by atoms with Crippen LogP contribution in [0.25, 0.3) is 0 Å². The van der Waals surface area contributed by atoms with Crippen LogP contribution in [-0.4, -0.2) is 9.97 Å². The van der Waals surface area contributed by atoms with Crippen molar-refractivity contribution in [2.45, 2.75) is 0 Å². The normalized spacial score (nSPS) is 9.85. The van der Waals surface area contributed by atoms with Crippen molar-refractivity contribution in [3.8, 4) is 0 Å². The number of aromatic nitrogens is 2. The highest BCUT2D eigenvalue weighted by Crippen LogP contribution is 2.06. The van der Waals surface area contributed by atoms with Gasteiger partial charge < -0.3 is 0 Å². The Morgan fingerprint density at radius 1 is 1.00 bits per heavy atom. The fraction of sp³-hybridized carbons (Fsp3) is 0.